The van der Waals surface area contributed by atoms with Crippen LogP contribution < -0.4 is 11.2 Å². The van der Waals surface area contributed by atoms with Gasteiger partial charge in [-0.3, -0.25) is 5.43 Å². The molecule has 2 heterocycles. The van der Waals surface area contributed by atoms with Gasteiger partial charge >= 0.3 is 0 Å². The van der Waals surface area contributed by atoms with Crippen molar-refractivity contribution in [3.8, 4) is 0 Å². The third-order valence-electron chi connectivity index (χ3n) is 2.55. The molecule has 1 aromatic carbocycles. The monoisotopic (exact) mass is 263 g/mol. The van der Waals surface area contributed by atoms with Crippen molar-refractivity contribution in [3.05, 3.63) is 46.9 Å². The van der Waals surface area contributed by atoms with Crippen molar-refractivity contribution in [2.45, 2.75) is 11.7 Å². The normalized spacial score (nSPS) is 13.8. The van der Waals surface area contributed by atoms with Gasteiger partial charge in [0.1, 0.15) is 5.82 Å². The van der Waals surface area contributed by atoms with Gasteiger partial charge in [-0.05, 0) is 24.3 Å². The summed E-state index contributed by atoms with van der Waals surface area (Å²) in [6, 6.07) is 6.28. The Morgan fingerprint density at radius 3 is 2.78 bits per heavy atom. The third kappa shape index (κ3) is 1.87. The Kier molecular flexibility index (Phi) is 2.77. The molecule has 5 nitrogen and oxygen atoms in total. The Morgan fingerprint density at radius 2 is 2.06 bits per heavy atom. The summed E-state index contributed by atoms with van der Waals surface area (Å²) in [6.07, 6.45) is 0. The van der Waals surface area contributed by atoms with Gasteiger partial charge in [-0.2, -0.15) is 0 Å². The van der Waals surface area contributed by atoms with Gasteiger partial charge in [-0.25, -0.2) is 9.07 Å². The van der Waals surface area contributed by atoms with Crippen LogP contribution in [0.1, 0.15) is 11.4 Å². The number of hydrogen-bond donors (Lipinski definition) is 2. The molecule has 0 aliphatic carbocycles. The fourth-order valence-electron chi connectivity index (χ4n) is 1.64. The molecule has 18 heavy (non-hydrogen) atoms. The molecule has 3 rings (SSSR count). The molecule has 0 unspecified atom stereocenters. The summed E-state index contributed by atoms with van der Waals surface area (Å²) in [5.74, 6) is 0.403. The predicted molar refractivity (Wildman–Crippen MR) is 67.5 cm³/mol. The number of fused-ring (bicyclic) bond motifs is 1. The Bertz CT molecular complexity index is 604. The SMILES string of the molecule is NCc1nnc2n1NC(c1ccc(F)cc1)=CS2. The fraction of sp³-hybridized carbons (Fsp3) is 0.0909. The van der Waals surface area contributed by atoms with Crippen LogP contribution in [0.15, 0.2) is 34.8 Å². The molecular formula is C11H10FN5S. The molecule has 7 heteroatoms. The average molecular weight is 263 g/mol. The molecule has 92 valence electrons. The van der Waals surface area contributed by atoms with Gasteiger partial charge in [0, 0.05) is 11.0 Å². The summed E-state index contributed by atoms with van der Waals surface area (Å²) in [5.41, 5.74) is 10.5. The number of rotatable bonds is 2. The van der Waals surface area contributed by atoms with Crippen LogP contribution in [-0.2, 0) is 6.54 Å². The average Bonchev–Trinajstić information content (AvgIpc) is 2.81. The second kappa shape index (κ2) is 4.43. The highest BCUT2D eigenvalue weighted by Crippen LogP contribution is 2.28. The molecule has 3 N–H and O–H groups in total. The number of benzene rings is 1. The highest BCUT2D eigenvalue weighted by atomic mass is 32.2. The van der Waals surface area contributed by atoms with E-state index in [0.29, 0.717) is 12.4 Å². The molecule has 0 atom stereocenters. The largest absolute Gasteiger partial charge is 0.324 e. The molecule has 0 saturated carbocycles. The first-order valence-electron chi connectivity index (χ1n) is 5.32. The minimum atomic E-state index is -0.254. The molecule has 0 fully saturated rings. The van der Waals surface area contributed by atoms with E-state index in [-0.39, 0.29) is 5.82 Å². The maximum absolute atomic E-state index is 12.9. The second-order valence-electron chi connectivity index (χ2n) is 3.71. The first-order valence-corrected chi connectivity index (χ1v) is 6.20. The number of aromatic nitrogens is 3. The first kappa shape index (κ1) is 11.2. The van der Waals surface area contributed by atoms with E-state index in [0.717, 1.165) is 16.4 Å². The minimum absolute atomic E-state index is 0.254. The highest BCUT2D eigenvalue weighted by molar-refractivity contribution is 8.02. The molecule has 0 amide bonds. The number of nitrogens with one attached hydrogen (secondary N) is 1. The summed E-state index contributed by atoms with van der Waals surface area (Å²) in [7, 11) is 0. The van der Waals surface area contributed by atoms with Crippen molar-refractivity contribution < 1.29 is 4.39 Å². The van der Waals surface area contributed by atoms with Gasteiger partial charge in [0.2, 0.25) is 5.16 Å². The summed E-state index contributed by atoms with van der Waals surface area (Å²) < 4.78 is 14.6. The molecule has 0 bridgehead atoms. The van der Waals surface area contributed by atoms with Crippen molar-refractivity contribution in [3.63, 3.8) is 0 Å². The smallest absolute Gasteiger partial charge is 0.214 e. The fourth-order valence-corrected chi connectivity index (χ4v) is 2.40. The van der Waals surface area contributed by atoms with Gasteiger partial charge < -0.3 is 5.73 Å². The third-order valence-corrected chi connectivity index (χ3v) is 3.38. The van der Waals surface area contributed by atoms with E-state index in [1.165, 1.54) is 23.9 Å². The van der Waals surface area contributed by atoms with E-state index in [9.17, 15) is 4.39 Å². The van der Waals surface area contributed by atoms with Crippen LogP contribution in [0.2, 0.25) is 0 Å². The predicted octanol–water partition coefficient (Wildman–Crippen LogP) is 1.52. The van der Waals surface area contributed by atoms with E-state index in [4.69, 9.17) is 5.73 Å². The molecular weight excluding hydrogens is 253 g/mol. The van der Waals surface area contributed by atoms with Crippen LogP contribution in [0.4, 0.5) is 4.39 Å². The van der Waals surface area contributed by atoms with Crippen molar-refractivity contribution in [1.82, 2.24) is 14.9 Å². The molecule has 0 saturated heterocycles. The Balaban J connectivity index is 1.92. The van der Waals surface area contributed by atoms with Crippen molar-refractivity contribution in [2.75, 3.05) is 5.43 Å². The van der Waals surface area contributed by atoms with Crippen LogP contribution in [-0.4, -0.2) is 14.9 Å². The lowest BCUT2D eigenvalue weighted by Crippen LogP contribution is -2.21. The Labute approximate surface area is 107 Å². The van der Waals surface area contributed by atoms with Crippen LogP contribution in [0.25, 0.3) is 5.70 Å². The van der Waals surface area contributed by atoms with Crippen molar-refractivity contribution in [2.24, 2.45) is 5.73 Å². The van der Waals surface area contributed by atoms with Gasteiger partial charge in [-0.1, -0.05) is 11.8 Å². The molecule has 1 aliphatic rings. The summed E-state index contributed by atoms with van der Waals surface area (Å²) in [6.45, 7) is 0.303. The number of nitrogens with two attached hydrogens (primary N) is 1. The van der Waals surface area contributed by atoms with E-state index >= 15 is 0 Å². The zero-order valence-electron chi connectivity index (χ0n) is 9.30. The van der Waals surface area contributed by atoms with Crippen LogP contribution in [0.3, 0.4) is 0 Å². The van der Waals surface area contributed by atoms with Crippen LogP contribution in [0, 0.1) is 5.82 Å². The zero-order valence-corrected chi connectivity index (χ0v) is 10.1. The molecule has 0 radical (unpaired) electrons. The van der Waals surface area contributed by atoms with Crippen molar-refractivity contribution >= 4 is 17.5 Å². The van der Waals surface area contributed by atoms with Gasteiger partial charge in [-0.15, -0.1) is 10.2 Å². The second-order valence-corrected chi connectivity index (χ2v) is 4.54. The number of thioether (sulfide) groups is 1. The Morgan fingerprint density at radius 1 is 1.28 bits per heavy atom. The van der Waals surface area contributed by atoms with E-state index in [2.05, 4.69) is 15.6 Å². The quantitative estimate of drug-likeness (QED) is 0.860. The lowest BCUT2D eigenvalue weighted by molar-refractivity contribution is 0.627. The molecule has 2 aromatic rings. The van der Waals surface area contributed by atoms with Gasteiger partial charge in [0.15, 0.2) is 5.82 Å². The maximum Gasteiger partial charge on any atom is 0.214 e. The van der Waals surface area contributed by atoms with E-state index in [1.807, 2.05) is 5.41 Å². The summed E-state index contributed by atoms with van der Waals surface area (Å²) in [5, 5.41) is 10.6. The topological polar surface area (TPSA) is 68.8 Å². The number of halogens is 1. The zero-order chi connectivity index (χ0) is 12.5. The highest BCUT2D eigenvalue weighted by Gasteiger charge is 2.17. The molecule has 1 aliphatic heterocycles. The van der Waals surface area contributed by atoms with Gasteiger partial charge in [0.25, 0.3) is 0 Å². The summed E-state index contributed by atoms with van der Waals surface area (Å²) in [4.78, 5) is 0. The van der Waals surface area contributed by atoms with Crippen LogP contribution >= 0.6 is 11.8 Å². The minimum Gasteiger partial charge on any atom is -0.324 e. The van der Waals surface area contributed by atoms with Crippen LogP contribution in [0.5, 0.6) is 0 Å². The summed E-state index contributed by atoms with van der Waals surface area (Å²) >= 11 is 1.45. The molecule has 0 spiro atoms. The van der Waals surface area contributed by atoms with E-state index < -0.39 is 0 Å². The maximum atomic E-state index is 12.9. The number of hydrogen-bond acceptors (Lipinski definition) is 5. The lowest BCUT2D eigenvalue weighted by atomic mass is 10.2. The first-order chi connectivity index (χ1) is 8.78. The van der Waals surface area contributed by atoms with E-state index in [1.54, 1.807) is 16.8 Å². The van der Waals surface area contributed by atoms with Crippen molar-refractivity contribution in [1.29, 1.82) is 0 Å². The lowest BCUT2D eigenvalue weighted by Gasteiger charge is -2.18. The molecule has 1 aromatic heterocycles. The number of nitrogens with zero attached hydrogens (tertiary/aromatic N) is 3. The standard InChI is InChI=1S/C11H10FN5S/c12-8-3-1-7(2-4-8)9-6-18-11-15-14-10(5-13)17(11)16-9/h1-4,6,16H,5,13H2. The Hall–Kier alpha value is -1.86. The van der Waals surface area contributed by atoms with Gasteiger partial charge in [0.05, 0.1) is 12.2 Å².